The van der Waals surface area contributed by atoms with Gasteiger partial charge >= 0.3 is 0 Å². The summed E-state index contributed by atoms with van der Waals surface area (Å²) in [4.78, 5) is 10.6. The van der Waals surface area contributed by atoms with Crippen molar-refractivity contribution in [2.75, 3.05) is 19.8 Å². The number of amides is 1. The Bertz CT molecular complexity index is 198. The van der Waals surface area contributed by atoms with Crippen molar-refractivity contribution < 1.29 is 14.6 Å². The van der Waals surface area contributed by atoms with Gasteiger partial charge in [0, 0.05) is 25.6 Å². The Morgan fingerprint density at radius 3 is 2.50 bits per heavy atom. The standard InChI is InChI=1S/C11H24N2O3/c1-8(2)6-16-7-10(14)5-13-9(3)4-11(12)15/h8-10,13-14H,4-7H2,1-3H3,(H2,12,15). The zero-order valence-corrected chi connectivity index (χ0v) is 10.4. The second-order valence-electron chi connectivity index (χ2n) is 4.56. The van der Waals surface area contributed by atoms with Crippen molar-refractivity contribution in [3.8, 4) is 0 Å². The monoisotopic (exact) mass is 232 g/mol. The fourth-order valence-electron chi connectivity index (χ4n) is 1.21. The van der Waals surface area contributed by atoms with Crippen LogP contribution in [0.1, 0.15) is 27.2 Å². The van der Waals surface area contributed by atoms with E-state index in [4.69, 9.17) is 10.5 Å². The maximum Gasteiger partial charge on any atom is 0.218 e. The van der Waals surface area contributed by atoms with E-state index in [1.54, 1.807) is 0 Å². The van der Waals surface area contributed by atoms with Crippen molar-refractivity contribution in [3.63, 3.8) is 0 Å². The number of nitrogens with two attached hydrogens (primary N) is 1. The largest absolute Gasteiger partial charge is 0.389 e. The number of ether oxygens (including phenoxy) is 1. The molecule has 0 heterocycles. The molecule has 0 aromatic heterocycles. The quantitative estimate of drug-likeness (QED) is 0.517. The normalized spacial score (nSPS) is 15.1. The van der Waals surface area contributed by atoms with Crippen LogP contribution in [0.5, 0.6) is 0 Å². The first-order valence-electron chi connectivity index (χ1n) is 5.69. The molecule has 1 amide bonds. The molecule has 2 atom stereocenters. The van der Waals surface area contributed by atoms with Gasteiger partial charge in [-0.25, -0.2) is 0 Å². The number of nitrogens with one attached hydrogen (secondary N) is 1. The Balaban J connectivity index is 3.49. The van der Waals surface area contributed by atoms with Crippen molar-refractivity contribution in [2.24, 2.45) is 11.7 Å². The van der Waals surface area contributed by atoms with Gasteiger partial charge in [0.1, 0.15) is 0 Å². The number of aliphatic hydroxyl groups is 1. The predicted molar refractivity (Wildman–Crippen MR) is 62.9 cm³/mol. The summed E-state index contributed by atoms with van der Waals surface area (Å²) in [5.41, 5.74) is 5.05. The van der Waals surface area contributed by atoms with E-state index in [2.05, 4.69) is 19.2 Å². The van der Waals surface area contributed by atoms with Crippen molar-refractivity contribution in [1.29, 1.82) is 0 Å². The zero-order chi connectivity index (χ0) is 12.6. The smallest absolute Gasteiger partial charge is 0.218 e. The van der Waals surface area contributed by atoms with Crippen LogP contribution in [0.2, 0.25) is 0 Å². The van der Waals surface area contributed by atoms with E-state index in [1.165, 1.54) is 0 Å². The van der Waals surface area contributed by atoms with E-state index >= 15 is 0 Å². The van der Waals surface area contributed by atoms with Crippen LogP contribution in [0, 0.1) is 5.92 Å². The third-order valence-corrected chi connectivity index (χ3v) is 1.97. The van der Waals surface area contributed by atoms with Crippen LogP contribution in [-0.4, -0.2) is 42.9 Å². The van der Waals surface area contributed by atoms with Crippen molar-refractivity contribution in [1.82, 2.24) is 5.32 Å². The SMILES string of the molecule is CC(C)COCC(O)CNC(C)CC(N)=O. The summed E-state index contributed by atoms with van der Waals surface area (Å²) in [6, 6.07) is -0.0164. The molecular weight excluding hydrogens is 208 g/mol. The third-order valence-electron chi connectivity index (χ3n) is 1.97. The molecule has 0 aromatic carbocycles. The minimum Gasteiger partial charge on any atom is -0.389 e. The van der Waals surface area contributed by atoms with Crippen LogP contribution in [0.25, 0.3) is 0 Å². The summed E-state index contributed by atoms with van der Waals surface area (Å²) in [5, 5.41) is 12.6. The predicted octanol–water partition coefficient (Wildman–Crippen LogP) is -0.127. The van der Waals surface area contributed by atoms with Gasteiger partial charge in [-0.3, -0.25) is 4.79 Å². The summed E-state index contributed by atoms with van der Waals surface area (Å²) in [6.07, 6.45) is -0.270. The molecule has 0 aliphatic carbocycles. The maximum atomic E-state index is 10.6. The number of hydrogen-bond acceptors (Lipinski definition) is 4. The Morgan fingerprint density at radius 1 is 1.38 bits per heavy atom. The molecule has 4 N–H and O–H groups in total. The lowest BCUT2D eigenvalue weighted by molar-refractivity contribution is -0.118. The summed E-state index contributed by atoms with van der Waals surface area (Å²) >= 11 is 0. The second-order valence-corrected chi connectivity index (χ2v) is 4.56. The van der Waals surface area contributed by atoms with Gasteiger partial charge in [-0.05, 0) is 12.8 Å². The van der Waals surface area contributed by atoms with E-state index in [-0.39, 0.29) is 18.4 Å². The molecule has 0 saturated carbocycles. The molecule has 0 fully saturated rings. The lowest BCUT2D eigenvalue weighted by Crippen LogP contribution is -2.38. The minimum absolute atomic E-state index is 0.0164. The van der Waals surface area contributed by atoms with Gasteiger partial charge in [-0.1, -0.05) is 13.8 Å². The number of carbonyl (C=O) groups is 1. The maximum absolute atomic E-state index is 10.6. The van der Waals surface area contributed by atoms with Gasteiger partial charge in [0.25, 0.3) is 0 Å². The van der Waals surface area contributed by atoms with Crippen LogP contribution in [0.15, 0.2) is 0 Å². The van der Waals surface area contributed by atoms with Crippen molar-refractivity contribution in [3.05, 3.63) is 0 Å². The lowest BCUT2D eigenvalue weighted by atomic mass is 10.2. The Labute approximate surface area is 97.3 Å². The number of carbonyl (C=O) groups excluding carboxylic acids is 1. The summed E-state index contributed by atoms with van der Waals surface area (Å²) in [6.45, 7) is 7.33. The Hall–Kier alpha value is -0.650. The first-order chi connectivity index (χ1) is 7.41. The molecule has 16 heavy (non-hydrogen) atoms. The minimum atomic E-state index is -0.547. The average Bonchev–Trinajstić information content (AvgIpc) is 2.13. The summed E-state index contributed by atoms with van der Waals surface area (Å²) in [7, 11) is 0. The first kappa shape index (κ1) is 15.3. The van der Waals surface area contributed by atoms with E-state index in [9.17, 15) is 9.90 Å². The molecule has 5 nitrogen and oxygen atoms in total. The molecule has 0 spiro atoms. The fraction of sp³-hybridized carbons (Fsp3) is 0.909. The van der Waals surface area contributed by atoms with Crippen LogP contribution in [0.3, 0.4) is 0 Å². The lowest BCUT2D eigenvalue weighted by Gasteiger charge is -2.16. The number of primary amides is 1. The van der Waals surface area contributed by atoms with Gasteiger partial charge in [0.15, 0.2) is 0 Å². The van der Waals surface area contributed by atoms with Gasteiger partial charge in [-0.15, -0.1) is 0 Å². The molecule has 0 aliphatic rings. The Kier molecular flexibility index (Phi) is 8.15. The highest BCUT2D eigenvalue weighted by molar-refractivity contribution is 5.74. The summed E-state index contributed by atoms with van der Waals surface area (Å²) in [5.74, 6) is 0.125. The molecule has 96 valence electrons. The molecule has 0 radical (unpaired) electrons. The van der Waals surface area contributed by atoms with Gasteiger partial charge in [-0.2, -0.15) is 0 Å². The van der Waals surface area contributed by atoms with Crippen molar-refractivity contribution in [2.45, 2.75) is 39.3 Å². The number of aliphatic hydroxyl groups excluding tert-OH is 1. The third kappa shape index (κ3) is 9.89. The van der Waals surface area contributed by atoms with E-state index in [1.807, 2.05) is 6.92 Å². The number of rotatable bonds is 9. The van der Waals surface area contributed by atoms with Crippen molar-refractivity contribution >= 4 is 5.91 Å². The van der Waals surface area contributed by atoms with E-state index in [0.717, 1.165) is 0 Å². The molecule has 0 aliphatic heterocycles. The van der Waals surface area contributed by atoms with Crippen LogP contribution >= 0.6 is 0 Å². The molecule has 0 aromatic rings. The molecule has 0 bridgehead atoms. The zero-order valence-electron chi connectivity index (χ0n) is 10.4. The molecule has 2 unspecified atom stereocenters. The van der Waals surface area contributed by atoms with E-state index < -0.39 is 6.10 Å². The molecule has 0 saturated heterocycles. The second kappa shape index (κ2) is 8.50. The molecular formula is C11H24N2O3. The summed E-state index contributed by atoms with van der Waals surface area (Å²) < 4.78 is 5.29. The average molecular weight is 232 g/mol. The van der Waals surface area contributed by atoms with Crippen LogP contribution in [-0.2, 0) is 9.53 Å². The van der Waals surface area contributed by atoms with Crippen LogP contribution in [0.4, 0.5) is 0 Å². The molecule has 5 heteroatoms. The van der Waals surface area contributed by atoms with E-state index in [0.29, 0.717) is 25.7 Å². The van der Waals surface area contributed by atoms with Gasteiger partial charge in [0.05, 0.1) is 12.7 Å². The van der Waals surface area contributed by atoms with Gasteiger partial charge < -0.3 is 20.9 Å². The Morgan fingerprint density at radius 2 is 2.00 bits per heavy atom. The highest BCUT2D eigenvalue weighted by atomic mass is 16.5. The molecule has 0 rings (SSSR count). The number of hydrogen-bond donors (Lipinski definition) is 3. The topological polar surface area (TPSA) is 84.6 Å². The highest BCUT2D eigenvalue weighted by Gasteiger charge is 2.09. The van der Waals surface area contributed by atoms with Crippen LogP contribution < -0.4 is 11.1 Å². The van der Waals surface area contributed by atoms with Gasteiger partial charge in [0.2, 0.25) is 5.91 Å². The first-order valence-corrected chi connectivity index (χ1v) is 5.69. The highest BCUT2D eigenvalue weighted by Crippen LogP contribution is 1.95. The fourth-order valence-corrected chi connectivity index (χ4v) is 1.21.